The molecule has 4 nitrogen and oxygen atoms in total. The molecule has 0 heterocycles. The van der Waals surface area contributed by atoms with E-state index in [0.29, 0.717) is 18.8 Å². The van der Waals surface area contributed by atoms with Gasteiger partial charge in [0, 0.05) is 25.9 Å². The fourth-order valence-corrected chi connectivity index (χ4v) is 1.66. The Morgan fingerprint density at radius 3 is 2.89 bits per heavy atom. The summed E-state index contributed by atoms with van der Waals surface area (Å²) in [5.74, 6) is -0.611. The molecule has 1 amide bonds. The van der Waals surface area contributed by atoms with E-state index in [9.17, 15) is 9.18 Å². The molecule has 1 aromatic carbocycles. The summed E-state index contributed by atoms with van der Waals surface area (Å²) in [5, 5.41) is 5.76. The Morgan fingerprint density at radius 2 is 2.26 bits per heavy atom. The fraction of sp³-hybridized carbons (Fsp3) is 0.462. The van der Waals surface area contributed by atoms with Crippen LogP contribution in [-0.2, 0) is 9.53 Å². The number of hydrogen-bond acceptors (Lipinski definition) is 3. The maximum absolute atomic E-state index is 13.0. The lowest BCUT2D eigenvalue weighted by Gasteiger charge is -2.15. The Bertz CT molecular complexity index is 429. The number of rotatable bonds is 7. The highest BCUT2D eigenvalue weighted by Crippen LogP contribution is 2.19. The number of amides is 1. The lowest BCUT2D eigenvalue weighted by Crippen LogP contribution is -2.38. The second kappa shape index (κ2) is 7.96. The predicted molar refractivity (Wildman–Crippen MR) is 74.0 cm³/mol. The van der Waals surface area contributed by atoms with Crippen molar-refractivity contribution in [2.45, 2.75) is 19.4 Å². The van der Waals surface area contributed by atoms with Crippen LogP contribution in [0.4, 0.5) is 10.1 Å². The molecule has 106 valence electrons. The molecular weight excluding hydrogens is 271 g/mol. The zero-order valence-electron chi connectivity index (χ0n) is 11.0. The van der Waals surface area contributed by atoms with Crippen molar-refractivity contribution in [1.29, 1.82) is 0 Å². The molecule has 0 aromatic heterocycles. The summed E-state index contributed by atoms with van der Waals surface area (Å²) in [7, 11) is 1.62. The molecule has 0 aliphatic rings. The largest absolute Gasteiger partial charge is 0.385 e. The van der Waals surface area contributed by atoms with E-state index in [1.54, 1.807) is 14.0 Å². The van der Waals surface area contributed by atoms with Crippen molar-refractivity contribution in [3.63, 3.8) is 0 Å². The molecule has 1 rings (SSSR count). The minimum Gasteiger partial charge on any atom is -0.385 e. The topological polar surface area (TPSA) is 50.4 Å². The van der Waals surface area contributed by atoms with Gasteiger partial charge in [-0.3, -0.25) is 4.79 Å². The number of anilines is 1. The molecule has 1 atom stereocenters. The van der Waals surface area contributed by atoms with Crippen LogP contribution in [0.1, 0.15) is 13.3 Å². The summed E-state index contributed by atoms with van der Waals surface area (Å²) in [5.41, 5.74) is 0.603. The lowest BCUT2D eigenvalue weighted by molar-refractivity contribution is -0.121. The number of methoxy groups -OCH3 is 1. The van der Waals surface area contributed by atoms with Gasteiger partial charge in [-0.05, 0) is 31.5 Å². The third-order valence-corrected chi connectivity index (χ3v) is 2.81. The van der Waals surface area contributed by atoms with Gasteiger partial charge in [0.2, 0.25) is 5.91 Å². The van der Waals surface area contributed by atoms with E-state index >= 15 is 0 Å². The summed E-state index contributed by atoms with van der Waals surface area (Å²) in [4.78, 5) is 11.7. The molecular formula is C13H18ClFN2O2. The SMILES string of the molecule is COCCCNC(=O)C(C)Nc1ccc(F)c(Cl)c1. The molecule has 0 bridgehead atoms. The maximum atomic E-state index is 13.0. The minimum absolute atomic E-state index is 0.0257. The molecule has 0 saturated carbocycles. The highest BCUT2D eigenvalue weighted by atomic mass is 35.5. The zero-order chi connectivity index (χ0) is 14.3. The van der Waals surface area contributed by atoms with E-state index in [4.69, 9.17) is 16.3 Å². The molecule has 0 fully saturated rings. The van der Waals surface area contributed by atoms with Gasteiger partial charge < -0.3 is 15.4 Å². The second-order valence-corrected chi connectivity index (χ2v) is 4.54. The Morgan fingerprint density at radius 1 is 1.53 bits per heavy atom. The molecule has 1 unspecified atom stereocenters. The quantitative estimate of drug-likeness (QED) is 0.758. The van der Waals surface area contributed by atoms with Gasteiger partial charge in [0.15, 0.2) is 0 Å². The number of carbonyl (C=O) groups is 1. The highest BCUT2D eigenvalue weighted by Gasteiger charge is 2.12. The Kier molecular flexibility index (Phi) is 6.59. The first kappa shape index (κ1) is 15.7. The normalized spacial score (nSPS) is 12.0. The molecule has 0 saturated heterocycles. The molecule has 1 aromatic rings. The molecule has 0 aliphatic heterocycles. The van der Waals surface area contributed by atoms with E-state index in [0.717, 1.165) is 6.42 Å². The Balaban J connectivity index is 2.42. The fourth-order valence-electron chi connectivity index (χ4n) is 1.48. The van der Waals surface area contributed by atoms with Crippen LogP contribution in [0.2, 0.25) is 5.02 Å². The zero-order valence-corrected chi connectivity index (χ0v) is 11.8. The van der Waals surface area contributed by atoms with Crippen molar-refractivity contribution in [1.82, 2.24) is 5.32 Å². The third-order valence-electron chi connectivity index (χ3n) is 2.52. The monoisotopic (exact) mass is 288 g/mol. The van der Waals surface area contributed by atoms with Crippen LogP contribution in [0.5, 0.6) is 0 Å². The van der Waals surface area contributed by atoms with Crippen LogP contribution >= 0.6 is 11.6 Å². The van der Waals surface area contributed by atoms with Crippen molar-refractivity contribution in [2.75, 3.05) is 25.6 Å². The predicted octanol–water partition coefficient (Wildman–Crippen LogP) is 2.43. The molecule has 0 radical (unpaired) electrons. The summed E-state index contributed by atoms with van der Waals surface area (Å²) < 4.78 is 17.9. The van der Waals surface area contributed by atoms with Gasteiger partial charge in [-0.15, -0.1) is 0 Å². The highest BCUT2D eigenvalue weighted by molar-refractivity contribution is 6.31. The van der Waals surface area contributed by atoms with E-state index in [1.165, 1.54) is 18.2 Å². The van der Waals surface area contributed by atoms with E-state index in [2.05, 4.69) is 10.6 Å². The number of hydrogen-bond donors (Lipinski definition) is 2. The number of carbonyl (C=O) groups excluding carboxylic acids is 1. The number of nitrogens with one attached hydrogen (secondary N) is 2. The first-order valence-corrected chi connectivity index (χ1v) is 6.40. The summed E-state index contributed by atoms with van der Waals surface area (Å²) in [6.45, 7) is 2.89. The van der Waals surface area contributed by atoms with Crippen LogP contribution in [0, 0.1) is 5.82 Å². The average molecular weight is 289 g/mol. The maximum Gasteiger partial charge on any atom is 0.242 e. The van der Waals surface area contributed by atoms with Crippen molar-refractivity contribution in [3.8, 4) is 0 Å². The second-order valence-electron chi connectivity index (χ2n) is 4.13. The van der Waals surface area contributed by atoms with E-state index < -0.39 is 11.9 Å². The van der Waals surface area contributed by atoms with Gasteiger partial charge in [0.05, 0.1) is 5.02 Å². The minimum atomic E-state index is -0.483. The summed E-state index contributed by atoms with van der Waals surface area (Å²) in [6.07, 6.45) is 0.761. The molecule has 6 heteroatoms. The first-order chi connectivity index (χ1) is 9.04. The molecule has 0 aliphatic carbocycles. The standard InChI is InChI=1S/C13H18ClFN2O2/c1-9(13(18)16-6-3-7-19-2)17-10-4-5-12(15)11(14)8-10/h4-5,8-9,17H,3,6-7H2,1-2H3,(H,16,18). The van der Waals surface area contributed by atoms with Crippen molar-refractivity contribution < 1.29 is 13.9 Å². The van der Waals surface area contributed by atoms with Gasteiger partial charge in [-0.25, -0.2) is 4.39 Å². The number of ether oxygens (including phenoxy) is 1. The van der Waals surface area contributed by atoms with Crippen molar-refractivity contribution in [3.05, 3.63) is 29.0 Å². The first-order valence-electron chi connectivity index (χ1n) is 6.03. The molecule has 19 heavy (non-hydrogen) atoms. The van der Waals surface area contributed by atoms with E-state index in [-0.39, 0.29) is 10.9 Å². The Labute approximate surface area is 117 Å². The molecule has 0 spiro atoms. The van der Waals surface area contributed by atoms with Crippen molar-refractivity contribution >= 4 is 23.2 Å². The van der Waals surface area contributed by atoms with Crippen LogP contribution < -0.4 is 10.6 Å². The van der Waals surface area contributed by atoms with Crippen LogP contribution in [0.3, 0.4) is 0 Å². The van der Waals surface area contributed by atoms with Gasteiger partial charge in [0.1, 0.15) is 11.9 Å². The molecule has 2 N–H and O–H groups in total. The third kappa shape index (κ3) is 5.44. The van der Waals surface area contributed by atoms with E-state index in [1.807, 2.05) is 0 Å². The Hall–Kier alpha value is -1.33. The van der Waals surface area contributed by atoms with Crippen LogP contribution in [-0.4, -0.2) is 32.2 Å². The van der Waals surface area contributed by atoms with Gasteiger partial charge in [0.25, 0.3) is 0 Å². The van der Waals surface area contributed by atoms with Crippen LogP contribution in [0.15, 0.2) is 18.2 Å². The van der Waals surface area contributed by atoms with Gasteiger partial charge in [-0.2, -0.15) is 0 Å². The lowest BCUT2D eigenvalue weighted by atomic mass is 10.2. The average Bonchev–Trinajstić information content (AvgIpc) is 2.38. The van der Waals surface area contributed by atoms with Gasteiger partial charge in [-0.1, -0.05) is 11.6 Å². The number of halogens is 2. The number of benzene rings is 1. The summed E-state index contributed by atoms with van der Waals surface area (Å²) >= 11 is 5.67. The van der Waals surface area contributed by atoms with Crippen LogP contribution in [0.25, 0.3) is 0 Å². The van der Waals surface area contributed by atoms with Gasteiger partial charge >= 0.3 is 0 Å². The van der Waals surface area contributed by atoms with Crippen molar-refractivity contribution in [2.24, 2.45) is 0 Å². The summed E-state index contributed by atoms with van der Waals surface area (Å²) in [6, 6.07) is 3.82. The smallest absolute Gasteiger partial charge is 0.242 e.